The Balaban J connectivity index is 2.08. The number of nitro groups is 1. The van der Waals surface area contributed by atoms with Gasteiger partial charge in [0, 0.05) is 25.2 Å². The third-order valence-electron chi connectivity index (χ3n) is 3.07. The summed E-state index contributed by atoms with van der Waals surface area (Å²) in [5.41, 5.74) is 1.13. The second kappa shape index (κ2) is 5.25. The van der Waals surface area contributed by atoms with Crippen LogP contribution in [-0.4, -0.2) is 36.1 Å². The van der Waals surface area contributed by atoms with E-state index in [0.29, 0.717) is 0 Å². The van der Waals surface area contributed by atoms with Crippen LogP contribution in [0.15, 0.2) is 24.3 Å². The predicted octanol–water partition coefficient (Wildman–Crippen LogP) is 1.99. The second-order valence-corrected chi connectivity index (χ2v) is 4.10. The van der Waals surface area contributed by atoms with E-state index in [4.69, 9.17) is 4.74 Å². The molecule has 1 fully saturated rings. The molecule has 5 heteroatoms. The third-order valence-corrected chi connectivity index (χ3v) is 3.07. The smallest absolute Gasteiger partial charge is 0.269 e. The first-order valence-electron chi connectivity index (χ1n) is 5.79. The van der Waals surface area contributed by atoms with Crippen molar-refractivity contribution in [2.24, 2.45) is 0 Å². The molecule has 0 saturated carbocycles. The molecule has 2 rings (SSSR count). The van der Waals surface area contributed by atoms with Gasteiger partial charge in [-0.05, 0) is 24.2 Å². The minimum atomic E-state index is -0.385. The van der Waals surface area contributed by atoms with Crippen molar-refractivity contribution in [2.75, 3.05) is 26.2 Å². The van der Waals surface area contributed by atoms with Crippen LogP contribution >= 0.6 is 0 Å². The SMILES string of the molecule is CCN1CCO[C@@H](c2ccc([N+](=O)[O-])cc2)C1. The lowest BCUT2D eigenvalue weighted by Crippen LogP contribution is -2.38. The van der Waals surface area contributed by atoms with Crippen LogP contribution in [0, 0.1) is 10.1 Å². The fraction of sp³-hybridized carbons (Fsp3) is 0.500. The quantitative estimate of drug-likeness (QED) is 0.595. The predicted molar refractivity (Wildman–Crippen MR) is 63.9 cm³/mol. The minimum absolute atomic E-state index is 0.0319. The summed E-state index contributed by atoms with van der Waals surface area (Å²) < 4.78 is 5.68. The molecule has 1 heterocycles. The molecule has 5 nitrogen and oxygen atoms in total. The fourth-order valence-corrected chi connectivity index (χ4v) is 2.00. The molecule has 0 amide bonds. The number of ether oxygens (including phenoxy) is 1. The molecule has 1 atom stereocenters. The number of hydrogen-bond acceptors (Lipinski definition) is 4. The maximum absolute atomic E-state index is 10.6. The zero-order valence-corrected chi connectivity index (χ0v) is 9.83. The second-order valence-electron chi connectivity index (χ2n) is 4.10. The molecule has 0 spiro atoms. The molecule has 0 aliphatic carbocycles. The molecular formula is C12H16N2O3. The van der Waals surface area contributed by atoms with Gasteiger partial charge >= 0.3 is 0 Å². The van der Waals surface area contributed by atoms with E-state index in [1.165, 1.54) is 12.1 Å². The van der Waals surface area contributed by atoms with Crippen LogP contribution < -0.4 is 0 Å². The van der Waals surface area contributed by atoms with E-state index in [1.54, 1.807) is 12.1 Å². The van der Waals surface area contributed by atoms with Gasteiger partial charge in [0.25, 0.3) is 5.69 Å². The van der Waals surface area contributed by atoms with Crippen molar-refractivity contribution in [1.82, 2.24) is 4.90 Å². The number of nitrogens with zero attached hydrogens (tertiary/aromatic N) is 2. The number of nitro benzene ring substituents is 1. The number of likely N-dealkylation sites (N-methyl/N-ethyl adjacent to an activating group) is 1. The van der Waals surface area contributed by atoms with Crippen molar-refractivity contribution in [3.63, 3.8) is 0 Å². The van der Waals surface area contributed by atoms with Crippen LogP contribution in [0.3, 0.4) is 0 Å². The normalized spacial score (nSPS) is 21.4. The summed E-state index contributed by atoms with van der Waals surface area (Å²) in [5.74, 6) is 0. The van der Waals surface area contributed by atoms with Gasteiger partial charge in [0.1, 0.15) is 0 Å². The lowest BCUT2D eigenvalue weighted by Gasteiger charge is -2.32. The van der Waals surface area contributed by atoms with E-state index in [9.17, 15) is 10.1 Å². The first-order valence-corrected chi connectivity index (χ1v) is 5.79. The van der Waals surface area contributed by atoms with Crippen molar-refractivity contribution in [3.05, 3.63) is 39.9 Å². The summed E-state index contributed by atoms with van der Waals surface area (Å²) in [7, 11) is 0. The maximum atomic E-state index is 10.6. The number of rotatable bonds is 3. The van der Waals surface area contributed by atoms with Crippen LogP contribution in [0.2, 0.25) is 0 Å². The minimum Gasteiger partial charge on any atom is -0.371 e. The van der Waals surface area contributed by atoms with Crippen molar-refractivity contribution in [1.29, 1.82) is 0 Å². The van der Waals surface area contributed by atoms with Gasteiger partial charge in [-0.3, -0.25) is 15.0 Å². The van der Waals surface area contributed by atoms with Crippen molar-refractivity contribution in [3.8, 4) is 0 Å². The average molecular weight is 236 g/mol. The summed E-state index contributed by atoms with van der Waals surface area (Å²) in [6, 6.07) is 6.62. The summed E-state index contributed by atoms with van der Waals surface area (Å²) in [4.78, 5) is 12.5. The molecule has 0 N–H and O–H groups in total. The van der Waals surface area contributed by atoms with Crippen LogP contribution in [0.4, 0.5) is 5.69 Å². The summed E-state index contributed by atoms with van der Waals surface area (Å²) in [6.45, 7) is 5.66. The van der Waals surface area contributed by atoms with Crippen LogP contribution in [0.1, 0.15) is 18.6 Å². The zero-order chi connectivity index (χ0) is 12.3. The number of non-ortho nitro benzene ring substituents is 1. The van der Waals surface area contributed by atoms with Gasteiger partial charge in [-0.1, -0.05) is 6.92 Å². The molecule has 0 aromatic heterocycles. The van der Waals surface area contributed by atoms with E-state index in [0.717, 1.165) is 31.8 Å². The standard InChI is InChI=1S/C12H16N2O3/c1-2-13-7-8-17-12(9-13)10-3-5-11(6-4-10)14(15)16/h3-6,12H,2,7-9H2,1H3/t12-/m1/s1. The number of morpholine rings is 1. The Morgan fingerprint density at radius 1 is 1.47 bits per heavy atom. The van der Waals surface area contributed by atoms with Gasteiger partial charge in [0.2, 0.25) is 0 Å². The van der Waals surface area contributed by atoms with Crippen molar-refractivity contribution >= 4 is 5.69 Å². The Morgan fingerprint density at radius 2 is 2.18 bits per heavy atom. The van der Waals surface area contributed by atoms with Gasteiger partial charge in [0.15, 0.2) is 0 Å². The molecule has 17 heavy (non-hydrogen) atoms. The molecule has 1 aliphatic rings. The monoisotopic (exact) mass is 236 g/mol. The molecule has 0 unspecified atom stereocenters. The topological polar surface area (TPSA) is 55.6 Å². The molecule has 1 aromatic carbocycles. The highest BCUT2D eigenvalue weighted by Gasteiger charge is 2.21. The van der Waals surface area contributed by atoms with Gasteiger partial charge in [-0.2, -0.15) is 0 Å². The van der Waals surface area contributed by atoms with Gasteiger partial charge in [-0.15, -0.1) is 0 Å². The lowest BCUT2D eigenvalue weighted by atomic mass is 10.1. The number of benzene rings is 1. The Kier molecular flexibility index (Phi) is 3.71. The summed E-state index contributed by atoms with van der Waals surface area (Å²) in [5, 5.41) is 10.6. The van der Waals surface area contributed by atoms with E-state index in [-0.39, 0.29) is 16.7 Å². The van der Waals surface area contributed by atoms with E-state index in [2.05, 4.69) is 11.8 Å². The third kappa shape index (κ3) is 2.81. The van der Waals surface area contributed by atoms with E-state index < -0.39 is 0 Å². The highest BCUT2D eigenvalue weighted by molar-refractivity contribution is 5.34. The molecule has 0 radical (unpaired) electrons. The van der Waals surface area contributed by atoms with E-state index >= 15 is 0 Å². The highest BCUT2D eigenvalue weighted by atomic mass is 16.6. The fourth-order valence-electron chi connectivity index (χ4n) is 2.00. The summed E-state index contributed by atoms with van der Waals surface area (Å²) in [6.07, 6.45) is 0.0319. The first-order chi connectivity index (χ1) is 8.20. The Bertz CT molecular complexity index is 391. The lowest BCUT2D eigenvalue weighted by molar-refractivity contribution is -0.384. The maximum Gasteiger partial charge on any atom is 0.269 e. The Hall–Kier alpha value is -1.46. The number of hydrogen-bond donors (Lipinski definition) is 0. The van der Waals surface area contributed by atoms with Crippen molar-refractivity contribution < 1.29 is 9.66 Å². The van der Waals surface area contributed by atoms with Gasteiger partial charge in [-0.25, -0.2) is 0 Å². The van der Waals surface area contributed by atoms with Gasteiger partial charge in [0.05, 0.1) is 17.6 Å². The van der Waals surface area contributed by atoms with Crippen LogP contribution in [-0.2, 0) is 4.74 Å². The first kappa shape index (κ1) is 12.0. The van der Waals surface area contributed by atoms with E-state index in [1.807, 2.05) is 0 Å². The molecule has 1 saturated heterocycles. The molecular weight excluding hydrogens is 220 g/mol. The van der Waals surface area contributed by atoms with Crippen LogP contribution in [0.5, 0.6) is 0 Å². The Morgan fingerprint density at radius 3 is 2.76 bits per heavy atom. The van der Waals surface area contributed by atoms with Crippen molar-refractivity contribution in [2.45, 2.75) is 13.0 Å². The molecule has 0 bridgehead atoms. The molecule has 92 valence electrons. The largest absolute Gasteiger partial charge is 0.371 e. The summed E-state index contributed by atoms with van der Waals surface area (Å²) >= 11 is 0. The average Bonchev–Trinajstić information content (AvgIpc) is 2.39. The van der Waals surface area contributed by atoms with Gasteiger partial charge < -0.3 is 4.74 Å². The van der Waals surface area contributed by atoms with Crippen LogP contribution in [0.25, 0.3) is 0 Å². The highest BCUT2D eigenvalue weighted by Crippen LogP contribution is 2.23. The zero-order valence-electron chi connectivity index (χ0n) is 9.83. The Labute approximate surface area is 100 Å². The molecule has 1 aromatic rings. The molecule has 1 aliphatic heterocycles.